The normalized spacial score (nSPS) is 31.2. The van der Waals surface area contributed by atoms with Gasteiger partial charge in [0, 0.05) is 38.9 Å². The lowest BCUT2D eigenvalue weighted by Crippen LogP contribution is -2.57. The van der Waals surface area contributed by atoms with Crippen LogP contribution in [0.5, 0.6) is 5.75 Å². The number of fused-ring (bicyclic) bond motifs is 2. The van der Waals surface area contributed by atoms with Gasteiger partial charge >= 0.3 is 0 Å². The Morgan fingerprint density at radius 2 is 1.88 bits per heavy atom. The van der Waals surface area contributed by atoms with E-state index < -0.39 is 11.8 Å². The number of piperidine rings is 1. The van der Waals surface area contributed by atoms with Crippen LogP contribution in [0, 0.1) is 11.8 Å². The molecule has 4 unspecified atom stereocenters. The highest BCUT2D eigenvalue weighted by molar-refractivity contribution is 5.98. The van der Waals surface area contributed by atoms with Crippen molar-refractivity contribution in [2.45, 2.75) is 70.1 Å². The van der Waals surface area contributed by atoms with E-state index in [9.17, 15) is 14.4 Å². The molecule has 1 aliphatic carbocycles. The number of para-hydroxylation sites is 1. The fraction of sp³-hybridized carbons (Fsp3) is 0.640. The van der Waals surface area contributed by atoms with Crippen LogP contribution >= 0.6 is 0 Å². The van der Waals surface area contributed by atoms with Gasteiger partial charge in [0.2, 0.25) is 11.8 Å². The molecule has 2 saturated heterocycles. The molecule has 1 N–H and O–H groups in total. The molecule has 0 radical (unpaired) electrons. The smallest absolute Gasteiger partial charge is 0.258 e. The number of rotatable bonds is 2. The quantitative estimate of drug-likeness (QED) is 0.769. The van der Waals surface area contributed by atoms with Gasteiger partial charge in [-0.1, -0.05) is 31.4 Å². The molecule has 4 atom stereocenters. The van der Waals surface area contributed by atoms with E-state index in [4.69, 9.17) is 4.74 Å². The van der Waals surface area contributed by atoms with E-state index in [0.29, 0.717) is 36.6 Å². The second-order valence-corrected chi connectivity index (χ2v) is 9.94. The average Bonchev–Trinajstić information content (AvgIpc) is 2.96. The van der Waals surface area contributed by atoms with Crippen molar-refractivity contribution in [3.8, 4) is 5.75 Å². The minimum Gasteiger partial charge on any atom is -0.467 e. The van der Waals surface area contributed by atoms with Crippen LogP contribution in [0.3, 0.4) is 0 Å². The van der Waals surface area contributed by atoms with Crippen LogP contribution in [0.2, 0.25) is 0 Å². The first-order valence-corrected chi connectivity index (χ1v) is 12.1. The predicted octanol–water partition coefficient (Wildman–Crippen LogP) is 2.94. The minimum absolute atomic E-state index is 0.0491. The summed E-state index contributed by atoms with van der Waals surface area (Å²) in [5.74, 6) is 1.76. The van der Waals surface area contributed by atoms with Gasteiger partial charge in [0.15, 0.2) is 5.72 Å². The van der Waals surface area contributed by atoms with Crippen LogP contribution in [-0.4, -0.2) is 58.9 Å². The highest BCUT2D eigenvalue weighted by atomic mass is 16.5. The lowest BCUT2D eigenvalue weighted by molar-refractivity contribution is -0.146. The van der Waals surface area contributed by atoms with Gasteiger partial charge in [0.05, 0.1) is 5.56 Å². The summed E-state index contributed by atoms with van der Waals surface area (Å²) in [6.07, 6.45) is 7.28. The van der Waals surface area contributed by atoms with Crippen molar-refractivity contribution < 1.29 is 19.1 Å². The third-order valence-corrected chi connectivity index (χ3v) is 8.03. The van der Waals surface area contributed by atoms with Crippen molar-refractivity contribution >= 4 is 17.7 Å². The van der Waals surface area contributed by atoms with Gasteiger partial charge in [-0.05, 0) is 43.7 Å². The summed E-state index contributed by atoms with van der Waals surface area (Å²) in [5, 5.41) is 3.00. The topological polar surface area (TPSA) is 79.0 Å². The van der Waals surface area contributed by atoms with E-state index in [1.54, 1.807) is 17.0 Å². The Bertz CT molecular complexity index is 918. The van der Waals surface area contributed by atoms with Crippen molar-refractivity contribution in [1.82, 2.24) is 15.1 Å². The molecule has 3 amide bonds. The maximum atomic E-state index is 13.3. The predicted molar refractivity (Wildman–Crippen MR) is 119 cm³/mol. The molecule has 0 bridgehead atoms. The largest absolute Gasteiger partial charge is 0.467 e. The third-order valence-electron chi connectivity index (χ3n) is 8.03. The zero-order valence-electron chi connectivity index (χ0n) is 18.8. The molecule has 1 saturated carbocycles. The van der Waals surface area contributed by atoms with Crippen molar-refractivity contribution in [1.29, 1.82) is 0 Å². The average molecular weight is 440 g/mol. The van der Waals surface area contributed by atoms with Crippen LogP contribution in [0.15, 0.2) is 24.3 Å². The number of ether oxygens (including phenoxy) is 1. The van der Waals surface area contributed by atoms with E-state index in [-0.39, 0.29) is 24.1 Å². The zero-order valence-corrected chi connectivity index (χ0v) is 18.8. The van der Waals surface area contributed by atoms with Gasteiger partial charge in [-0.25, -0.2) is 0 Å². The first-order chi connectivity index (χ1) is 15.5. The number of amides is 3. The molecule has 7 heteroatoms. The molecule has 32 heavy (non-hydrogen) atoms. The number of carbonyl (C=O) groups excluding carboxylic acids is 3. The number of nitrogens with zero attached hydrogens (tertiary/aromatic N) is 2. The number of benzene rings is 1. The molecule has 3 fully saturated rings. The van der Waals surface area contributed by atoms with Crippen LogP contribution < -0.4 is 10.1 Å². The third kappa shape index (κ3) is 3.86. The summed E-state index contributed by atoms with van der Waals surface area (Å²) in [6.45, 7) is 3.86. The van der Waals surface area contributed by atoms with Crippen LogP contribution in [-0.2, 0) is 9.59 Å². The Labute approximate surface area is 189 Å². The van der Waals surface area contributed by atoms with E-state index in [1.807, 2.05) is 24.0 Å². The van der Waals surface area contributed by atoms with Gasteiger partial charge in [0.1, 0.15) is 11.8 Å². The summed E-state index contributed by atoms with van der Waals surface area (Å²) in [5.41, 5.74) is -0.390. The molecule has 1 spiro atoms. The second-order valence-electron chi connectivity index (χ2n) is 9.94. The highest BCUT2D eigenvalue weighted by Crippen LogP contribution is 2.37. The zero-order chi connectivity index (χ0) is 22.3. The van der Waals surface area contributed by atoms with E-state index in [2.05, 4.69) is 5.32 Å². The highest BCUT2D eigenvalue weighted by Gasteiger charge is 2.44. The van der Waals surface area contributed by atoms with Gasteiger partial charge in [-0.2, -0.15) is 0 Å². The molecule has 5 rings (SSSR count). The SMILES string of the molecule is CC(C(=O)N1CCC2CCCCC2C1)N1CCC2(CCC1=O)NC(=O)c1ccccc1O2. The van der Waals surface area contributed by atoms with Crippen LogP contribution in [0.1, 0.15) is 68.6 Å². The van der Waals surface area contributed by atoms with Gasteiger partial charge < -0.3 is 19.9 Å². The molecule has 172 valence electrons. The van der Waals surface area contributed by atoms with E-state index >= 15 is 0 Å². The lowest BCUT2D eigenvalue weighted by Gasteiger charge is -2.43. The van der Waals surface area contributed by atoms with Gasteiger partial charge in [-0.3, -0.25) is 14.4 Å². The summed E-state index contributed by atoms with van der Waals surface area (Å²) in [7, 11) is 0. The first-order valence-electron chi connectivity index (χ1n) is 12.1. The van der Waals surface area contributed by atoms with Crippen molar-refractivity contribution in [2.24, 2.45) is 11.8 Å². The Hall–Kier alpha value is -2.57. The van der Waals surface area contributed by atoms with Crippen LogP contribution in [0.25, 0.3) is 0 Å². The number of hydrogen-bond donors (Lipinski definition) is 1. The first kappa shape index (κ1) is 21.3. The molecule has 1 aromatic rings. The standard InChI is InChI=1S/C25H33N3O4/c1-17(24(31)27-14-11-18-6-2-3-7-19(18)16-27)28-15-13-25(12-10-22(28)29)26-23(30)20-8-4-5-9-21(20)32-25/h4-5,8-9,17-19H,2-3,6-7,10-16H2,1H3,(H,26,30). The number of carbonyl (C=O) groups is 3. The molecule has 3 aliphatic heterocycles. The summed E-state index contributed by atoms with van der Waals surface area (Å²) < 4.78 is 6.22. The van der Waals surface area contributed by atoms with Crippen molar-refractivity contribution in [3.63, 3.8) is 0 Å². The Morgan fingerprint density at radius 1 is 1.09 bits per heavy atom. The summed E-state index contributed by atoms with van der Waals surface area (Å²) >= 11 is 0. The van der Waals surface area contributed by atoms with E-state index in [1.165, 1.54) is 25.7 Å². The van der Waals surface area contributed by atoms with Crippen molar-refractivity contribution in [2.75, 3.05) is 19.6 Å². The maximum absolute atomic E-state index is 13.3. The molecule has 1 aromatic carbocycles. The van der Waals surface area contributed by atoms with Gasteiger partial charge in [-0.15, -0.1) is 0 Å². The molecular weight excluding hydrogens is 406 g/mol. The fourth-order valence-electron chi connectivity index (χ4n) is 6.09. The molecule has 7 nitrogen and oxygen atoms in total. The second kappa shape index (κ2) is 8.41. The number of likely N-dealkylation sites (tertiary alicyclic amines) is 2. The van der Waals surface area contributed by atoms with Crippen molar-refractivity contribution in [3.05, 3.63) is 29.8 Å². The van der Waals surface area contributed by atoms with Gasteiger partial charge in [0.25, 0.3) is 5.91 Å². The molecular formula is C25H33N3O4. The van der Waals surface area contributed by atoms with E-state index in [0.717, 1.165) is 25.4 Å². The summed E-state index contributed by atoms with van der Waals surface area (Å²) in [6, 6.07) is 6.68. The Balaban J connectivity index is 1.27. The fourth-order valence-corrected chi connectivity index (χ4v) is 6.09. The number of nitrogens with one attached hydrogen (secondary N) is 1. The minimum atomic E-state index is -0.904. The molecule has 3 heterocycles. The number of hydrogen-bond acceptors (Lipinski definition) is 4. The Morgan fingerprint density at radius 3 is 2.72 bits per heavy atom. The lowest BCUT2D eigenvalue weighted by atomic mass is 9.75. The maximum Gasteiger partial charge on any atom is 0.258 e. The summed E-state index contributed by atoms with van der Waals surface area (Å²) in [4.78, 5) is 42.7. The van der Waals surface area contributed by atoms with Crippen LogP contribution in [0.4, 0.5) is 0 Å². The Kier molecular flexibility index (Phi) is 5.59. The molecule has 0 aromatic heterocycles. The monoisotopic (exact) mass is 439 g/mol. The molecule has 4 aliphatic rings.